The first-order valence-corrected chi connectivity index (χ1v) is 8.49. The number of amides is 2. The Hall–Kier alpha value is -3.17. The van der Waals surface area contributed by atoms with Crippen molar-refractivity contribution in [2.24, 2.45) is 0 Å². The molecule has 2 aromatic rings. The summed E-state index contributed by atoms with van der Waals surface area (Å²) >= 11 is 0. The number of halogens is 3. The van der Waals surface area contributed by atoms with Gasteiger partial charge in [0.1, 0.15) is 12.6 Å². The van der Waals surface area contributed by atoms with Crippen molar-refractivity contribution in [2.75, 3.05) is 5.32 Å². The van der Waals surface area contributed by atoms with Gasteiger partial charge >= 0.3 is 6.18 Å². The van der Waals surface area contributed by atoms with Gasteiger partial charge in [-0.15, -0.1) is 0 Å². The lowest BCUT2D eigenvalue weighted by Gasteiger charge is -2.16. The van der Waals surface area contributed by atoms with Crippen LogP contribution in [0.15, 0.2) is 35.1 Å². The minimum absolute atomic E-state index is 0.0264. The van der Waals surface area contributed by atoms with Crippen LogP contribution in [0.4, 0.5) is 18.9 Å². The van der Waals surface area contributed by atoms with Gasteiger partial charge in [0.2, 0.25) is 11.3 Å². The number of para-hydroxylation sites is 1. The summed E-state index contributed by atoms with van der Waals surface area (Å²) in [7, 11) is 0. The van der Waals surface area contributed by atoms with Gasteiger partial charge in [0.05, 0.1) is 0 Å². The Balaban J connectivity index is 1.80. The zero-order valence-electron chi connectivity index (χ0n) is 14.8. The molecule has 0 aliphatic carbocycles. The minimum Gasteiger partial charge on any atom is -0.339 e. The zero-order valence-corrected chi connectivity index (χ0v) is 14.8. The fraction of sp³-hybridized carbons (Fsp3) is 0.333. The molecule has 3 rings (SSSR count). The Labute approximate surface area is 157 Å². The normalized spacial score (nSPS) is 16.7. The number of fused-ring (bicyclic) bond motifs is 1. The summed E-state index contributed by atoms with van der Waals surface area (Å²) in [5, 5.41) is 8.64. The van der Waals surface area contributed by atoms with E-state index < -0.39 is 41.7 Å². The lowest BCUT2D eigenvalue weighted by Crippen LogP contribution is -2.45. The number of aryl methyl sites for hydroxylation is 2. The monoisotopic (exact) mass is 394 g/mol. The first-order valence-electron chi connectivity index (χ1n) is 8.49. The molecule has 1 aliphatic heterocycles. The number of carbonyl (C=O) groups is 2. The van der Waals surface area contributed by atoms with Crippen LogP contribution in [0.2, 0.25) is 0 Å². The molecule has 28 heavy (non-hydrogen) atoms. The van der Waals surface area contributed by atoms with E-state index in [4.69, 9.17) is 0 Å². The van der Waals surface area contributed by atoms with Crippen molar-refractivity contribution in [2.45, 2.75) is 38.5 Å². The minimum atomic E-state index is -4.56. The van der Waals surface area contributed by atoms with Crippen molar-refractivity contribution < 1.29 is 22.8 Å². The van der Waals surface area contributed by atoms with Crippen molar-refractivity contribution >= 4 is 17.5 Å². The number of anilines is 1. The predicted molar refractivity (Wildman–Crippen MR) is 93.9 cm³/mol. The Morgan fingerprint density at radius 2 is 2.04 bits per heavy atom. The second kappa shape index (κ2) is 7.45. The van der Waals surface area contributed by atoms with Crippen LogP contribution in [0.1, 0.15) is 28.2 Å². The van der Waals surface area contributed by atoms with Gasteiger partial charge in [-0.3, -0.25) is 19.1 Å². The van der Waals surface area contributed by atoms with E-state index in [1.54, 1.807) is 12.1 Å². The number of rotatable bonds is 3. The van der Waals surface area contributed by atoms with Gasteiger partial charge in [0, 0.05) is 17.4 Å². The maximum atomic E-state index is 12.7. The third-order valence-electron chi connectivity index (χ3n) is 4.34. The highest BCUT2D eigenvalue weighted by molar-refractivity contribution is 6.01. The number of benzene rings is 1. The fourth-order valence-corrected chi connectivity index (χ4v) is 2.94. The average molecular weight is 394 g/mol. The van der Waals surface area contributed by atoms with Gasteiger partial charge in [0.25, 0.3) is 5.91 Å². The summed E-state index contributed by atoms with van der Waals surface area (Å²) in [5.74, 6) is -1.46. The highest BCUT2D eigenvalue weighted by Crippen LogP contribution is 2.21. The molecule has 0 saturated carbocycles. The topological polar surface area (TPSA) is 93.1 Å². The van der Waals surface area contributed by atoms with Crippen LogP contribution in [0.3, 0.4) is 0 Å². The Kier molecular flexibility index (Phi) is 5.21. The van der Waals surface area contributed by atoms with Crippen LogP contribution < -0.4 is 16.1 Å². The van der Waals surface area contributed by atoms with Crippen LogP contribution in [0, 0.1) is 6.92 Å². The quantitative estimate of drug-likeness (QED) is 0.830. The summed E-state index contributed by atoms with van der Waals surface area (Å²) in [6.07, 6.45) is -3.79. The van der Waals surface area contributed by atoms with E-state index in [0.717, 1.165) is 11.6 Å². The Morgan fingerprint density at radius 1 is 1.32 bits per heavy atom. The number of hydrogen-bond donors (Lipinski definition) is 2. The molecule has 1 aromatic carbocycles. The second-order valence-corrected chi connectivity index (χ2v) is 6.48. The summed E-state index contributed by atoms with van der Waals surface area (Å²) < 4.78 is 38.5. The van der Waals surface area contributed by atoms with Crippen LogP contribution in [0.25, 0.3) is 0 Å². The lowest BCUT2D eigenvalue weighted by molar-refractivity contribution is -0.143. The highest BCUT2D eigenvalue weighted by Gasteiger charge is 2.31. The summed E-state index contributed by atoms with van der Waals surface area (Å²) in [6, 6.07) is 7.13. The highest BCUT2D eigenvalue weighted by atomic mass is 19.4. The van der Waals surface area contributed by atoms with Gasteiger partial charge in [-0.1, -0.05) is 18.2 Å². The lowest BCUT2D eigenvalue weighted by atomic mass is 10.1. The molecule has 2 amide bonds. The maximum absolute atomic E-state index is 12.7. The number of hydrogen-bond acceptors (Lipinski definition) is 4. The molecule has 1 aromatic heterocycles. The van der Waals surface area contributed by atoms with Crippen LogP contribution >= 0.6 is 0 Å². The first kappa shape index (κ1) is 19.6. The smallest absolute Gasteiger partial charge is 0.339 e. The summed E-state index contributed by atoms with van der Waals surface area (Å²) in [6.45, 7) is -0.142. The van der Waals surface area contributed by atoms with Crippen LogP contribution in [0.5, 0.6) is 0 Å². The van der Waals surface area contributed by atoms with Crippen molar-refractivity contribution in [1.29, 1.82) is 0 Å². The van der Waals surface area contributed by atoms with Crippen molar-refractivity contribution in [3.63, 3.8) is 0 Å². The Bertz CT molecular complexity index is 985. The van der Waals surface area contributed by atoms with E-state index in [1.807, 2.05) is 12.1 Å². The van der Waals surface area contributed by atoms with E-state index >= 15 is 0 Å². The number of carbonyl (C=O) groups excluding carboxylic acids is 2. The summed E-state index contributed by atoms with van der Waals surface area (Å²) in [4.78, 5) is 36.9. The molecule has 10 heteroatoms. The molecule has 0 unspecified atom stereocenters. The molecule has 7 nitrogen and oxygen atoms in total. The van der Waals surface area contributed by atoms with Crippen LogP contribution in [-0.4, -0.2) is 33.8 Å². The summed E-state index contributed by atoms with van der Waals surface area (Å²) in [5.41, 5.74) is -0.00415. The third kappa shape index (κ3) is 4.38. The van der Waals surface area contributed by atoms with E-state index in [2.05, 4.69) is 15.7 Å². The SMILES string of the molecule is Cc1cc(=O)c(C(=O)N[C@H]2CCc3ccccc3NC2=O)nn1CC(F)(F)F. The largest absolute Gasteiger partial charge is 0.408 e. The van der Waals surface area contributed by atoms with E-state index in [9.17, 15) is 27.6 Å². The zero-order chi connectivity index (χ0) is 20.5. The van der Waals surface area contributed by atoms with Gasteiger partial charge in [-0.2, -0.15) is 18.3 Å². The third-order valence-corrected chi connectivity index (χ3v) is 4.34. The van der Waals surface area contributed by atoms with E-state index in [-0.39, 0.29) is 12.1 Å². The van der Waals surface area contributed by atoms with Crippen LogP contribution in [-0.2, 0) is 17.8 Å². The number of alkyl halides is 3. The predicted octanol–water partition coefficient (Wildman–Crippen LogP) is 1.80. The molecule has 0 fully saturated rings. The maximum Gasteiger partial charge on any atom is 0.408 e. The van der Waals surface area contributed by atoms with Gasteiger partial charge in [0.15, 0.2) is 5.69 Å². The molecule has 0 bridgehead atoms. The number of aromatic nitrogens is 2. The van der Waals surface area contributed by atoms with E-state index in [1.165, 1.54) is 6.92 Å². The second-order valence-electron chi connectivity index (χ2n) is 6.48. The first-order chi connectivity index (χ1) is 13.1. The fourth-order valence-electron chi connectivity index (χ4n) is 2.94. The van der Waals surface area contributed by atoms with Gasteiger partial charge in [-0.25, -0.2) is 0 Å². The molecule has 2 heterocycles. The molecule has 0 saturated heterocycles. The molecule has 1 atom stereocenters. The molecule has 148 valence electrons. The standard InChI is InChI=1S/C18H17F3N4O3/c1-10-8-14(26)15(24-25(10)9-18(19,20)21)17(28)23-13-7-6-11-4-2-3-5-12(11)22-16(13)27/h2-5,8,13H,6-7,9H2,1H3,(H,22,27)(H,23,28)/t13-/m0/s1. The molecular weight excluding hydrogens is 377 g/mol. The molecule has 0 radical (unpaired) electrons. The van der Waals surface area contributed by atoms with Gasteiger partial charge in [-0.05, 0) is 31.4 Å². The van der Waals surface area contributed by atoms with Gasteiger partial charge < -0.3 is 10.6 Å². The van der Waals surface area contributed by atoms with E-state index in [0.29, 0.717) is 16.8 Å². The molecule has 0 spiro atoms. The average Bonchev–Trinajstić information content (AvgIpc) is 2.75. The van der Waals surface area contributed by atoms with Crippen molar-refractivity contribution in [1.82, 2.24) is 15.1 Å². The molecular formula is C18H17F3N4O3. The molecule has 2 N–H and O–H groups in total. The Morgan fingerprint density at radius 3 is 2.75 bits per heavy atom. The molecule has 1 aliphatic rings. The number of nitrogens with one attached hydrogen (secondary N) is 2. The van der Waals surface area contributed by atoms with Crippen molar-refractivity contribution in [3.8, 4) is 0 Å². The van der Waals surface area contributed by atoms with Crippen molar-refractivity contribution in [3.05, 3.63) is 57.5 Å². The number of nitrogens with zero attached hydrogens (tertiary/aromatic N) is 2.